The van der Waals surface area contributed by atoms with Gasteiger partial charge in [0.1, 0.15) is 6.04 Å². The lowest BCUT2D eigenvalue weighted by Gasteiger charge is -2.37. The maximum Gasteiger partial charge on any atom is 0.326 e. The van der Waals surface area contributed by atoms with Crippen molar-refractivity contribution in [2.75, 3.05) is 26.2 Å². The van der Waals surface area contributed by atoms with Gasteiger partial charge in [-0.2, -0.15) is 0 Å². The first-order valence-electron chi connectivity index (χ1n) is 9.19. The number of urea groups is 1. The van der Waals surface area contributed by atoms with Gasteiger partial charge < -0.3 is 20.2 Å². The number of likely N-dealkylation sites (tertiary alicyclic amines) is 2. The molecule has 2 N–H and O–H groups in total. The highest BCUT2D eigenvalue weighted by atomic mass is 16.4. The molecular weight excluding hydrogens is 318 g/mol. The molecular formula is C19H27N3O3. The van der Waals surface area contributed by atoms with Crippen LogP contribution in [0.3, 0.4) is 0 Å². The van der Waals surface area contributed by atoms with Crippen molar-refractivity contribution >= 4 is 12.0 Å². The van der Waals surface area contributed by atoms with E-state index in [1.165, 1.54) is 25.9 Å². The number of carboxylic acids is 1. The largest absolute Gasteiger partial charge is 0.480 e. The van der Waals surface area contributed by atoms with Crippen LogP contribution in [0.5, 0.6) is 0 Å². The molecule has 136 valence electrons. The smallest absolute Gasteiger partial charge is 0.326 e. The van der Waals surface area contributed by atoms with Crippen LogP contribution in [0.1, 0.15) is 31.2 Å². The minimum Gasteiger partial charge on any atom is -0.480 e. The van der Waals surface area contributed by atoms with Crippen LogP contribution in [0.2, 0.25) is 0 Å². The lowest BCUT2D eigenvalue weighted by molar-refractivity contribution is -0.139. The Balaban J connectivity index is 1.50. The molecule has 0 aliphatic carbocycles. The summed E-state index contributed by atoms with van der Waals surface area (Å²) in [5.74, 6) is -0.996. The van der Waals surface area contributed by atoms with Crippen LogP contribution in [0, 0.1) is 0 Å². The van der Waals surface area contributed by atoms with E-state index in [0.717, 1.165) is 18.4 Å². The van der Waals surface area contributed by atoms with Crippen molar-refractivity contribution in [3.63, 3.8) is 0 Å². The number of rotatable bonds is 5. The van der Waals surface area contributed by atoms with E-state index in [0.29, 0.717) is 25.6 Å². The maximum atomic E-state index is 12.5. The average molecular weight is 345 g/mol. The van der Waals surface area contributed by atoms with E-state index in [1.54, 1.807) is 4.90 Å². The third kappa shape index (κ3) is 4.72. The number of hydrogen-bond acceptors (Lipinski definition) is 3. The number of nitrogens with zero attached hydrogens (tertiary/aromatic N) is 2. The molecule has 2 heterocycles. The number of piperidine rings is 1. The molecule has 2 amide bonds. The summed E-state index contributed by atoms with van der Waals surface area (Å²) in [4.78, 5) is 28.3. The predicted octanol–water partition coefficient (Wildman–Crippen LogP) is 1.95. The molecule has 6 heteroatoms. The number of aliphatic carboxylic acids is 1. The molecule has 1 aromatic rings. The van der Waals surface area contributed by atoms with Crippen LogP contribution in [0.25, 0.3) is 0 Å². The number of hydrogen-bond donors (Lipinski definition) is 2. The van der Waals surface area contributed by atoms with Gasteiger partial charge in [0, 0.05) is 25.6 Å². The maximum absolute atomic E-state index is 12.5. The second-order valence-electron chi connectivity index (χ2n) is 6.99. The van der Waals surface area contributed by atoms with Gasteiger partial charge in [-0.05, 0) is 44.3 Å². The van der Waals surface area contributed by atoms with Gasteiger partial charge in [-0.1, -0.05) is 30.3 Å². The van der Waals surface area contributed by atoms with Crippen molar-refractivity contribution in [1.82, 2.24) is 15.1 Å². The number of carbonyl (C=O) groups excluding carboxylic acids is 1. The summed E-state index contributed by atoms with van der Waals surface area (Å²) < 4.78 is 0. The third-order valence-electron chi connectivity index (χ3n) is 5.29. The number of nitrogens with one attached hydrogen (secondary N) is 1. The van der Waals surface area contributed by atoms with Gasteiger partial charge >= 0.3 is 12.0 Å². The van der Waals surface area contributed by atoms with E-state index >= 15 is 0 Å². The summed E-state index contributed by atoms with van der Waals surface area (Å²) in [5.41, 5.74) is 0.906. The third-order valence-corrected chi connectivity index (χ3v) is 5.29. The summed E-state index contributed by atoms with van der Waals surface area (Å²) in [6.45, 7) is 3.75. The van der Waals surface area contributed by atoms with Crippen molar-refractivity contribution in [3.05, 3.63) is 35.9 Å². The molecule has 0 radical (unpaired) electrons. The van der Waals surface area contributed by atoms with Gasteiger partial charge in [0.2, 0.25) is 0 Å². The Morgan fingerprint density at radius 3 is 2.32 bits per heavy atom. The van der Waals surface area contributed by atoms with E-state index in [2.05, 4.69) is 10.2 Å². The first-order chi connectivity index (χ1) is 12.1. The van der Waals surface area contributed by atoms with Crippen LogP contribution in [0.15, 0.2) is 30.3 Å². The fourth-order valence-corrected chi connectivity index (χ4v) is 3.83. The predicted molar refractivity (Wildman–Crippen MR) is 95.5 cm³/mol. The van der Waals surface area contributed by atoms with Crippen molar-refractivity contribution < 1.29 is 14.7 Å². The average Bonchev–Trinajstić information content (AvgIpc) is 3.16. The normalized spacial score (nSPS) is 20.4. The monoisotopic (exact) mass is 345 g/mol. The molecule has 1 aromatic carbocycles. The van der Waals surface area contributed by atoms with Crippen LogP contribution in [0.4, 0.5) is 4.79 Å². The van der Waals surface area contributed by atoms with E-state index in [-0.39, 0.29) is 6.03 Å². The standard InChI is InChI=1S/C19H27N3O3/c23-18(24)17(14-15-6-2-1-3-7-15)20-19(25)22-12-8-16(9-13-22)21-10-4-5-11-21/h1-3,6-7,16-17H,4-5,8-14H2,(H,20,25)(H,23,24). The van der Waals surface area contributed by atoms with Gasteiger partial charge in [0.25, 0.3) is 0 Å². The summed E-state index contributed by atoms with van der Waals surface area (Å²) in [6.07, 6.45) is 4.81. The van der Waals surface area contributed by atoms with E-state index in [1.807, 2.05) is 30.3 Å². The highest BCUT2D eigenvalue weighted by Gasteiger charge is 2.30. The van der Waals surface area contributed by atoms with E-state index < -0.39 is 12.0 Å². The Hall–Kier alpha value is -2.08. The fourth-order valence-electron chi connectivity index (χ4n) is 3.83. The van der Waals surface area contributed by atoms with Crippen molar-refractivity contribution in [2.24, 2.45) is 0 Å². The fraction of sp³-hybridized carbons (Fsp3) is 0.579. The number of amides is 2. The second-order valence-corrected chi connectivity index (χ2v) is 6.99. The molecule has 6 nitrogen and oxygen atoms in total. The highest BCUT2D eigenvalue weighted by molar-refractivity contribution is 5.82. The van der Waals surface area contributed by atoms with Gasteiger partial charge in [0.05, 0.1) is 0 Å². The summed E-state index contributed by atoms with van der Waals surface area (Å²) >= 11 is 0. The molecule has 2 aliphatic heterocycles. The Labute approximate surface area is 148 Å². The van der Waals surface area contributed by atoms with E-state index in [4.69, 9.17) is 0 Å². The number of carboxylic acid groups (broad SMARTS) is 1. The zero-order valence-electron chi connectivity index (χ0n) is 14.6. The highest BCUT2D eigenvalue weighted by Crippen LogP contribution is 2.21. The van der Waals surface area contributed by atoms with Crippen molar-refractivity contribution in [2.45, 2.75) is 44.2 Å². The van der Waals surface area contributed by atoms with Crippen molar-refractivity contribution in [1.29, 1.82) is 0 Å². The van der Waals surface area contributed by atoms with Crippen LogP contribution in [-0.4, -0.2) is 65.2 Å². The molecule has 0 spiro atoms. The first-order valence-corrected chi connectivity index (χ1v) is 9.19. The lowest BCUT2D eigenvalue weighted by Crippen LogP contribution is -2.53. The van der Waals surface area contributed by atoms with Crippen LogP contribution < -0.4 is 5.32 Å². The molecule has 0 saturated carbocycles. The molecule has 25 heavy (non-hydrogen) atoms. The minimum atomic E-state index is -0.996. The summed E-state index contributed by atoms with van der Waals surface area (Å²) in [7, 11) is 0. The topological polar surface area (TPSA) is 72.9 Å². The molecule has 1 unspecified atom stereocenters. The molecule has 3 rings (SSSR count). The zero-order chi connectivity index (χ0) is 17.6. The van der Waals surface area contributed by atoms with Crippen molar-refractivity contribution in [3.8, 4) is 0 Å². The molecule has 2 saturated heterocycles. The first kappa shape index (κ1) is 17.7. The minimum absolute atomic E-state index is 0.261. The molecule has 1 atom stereocenters. The Morgan fingerprint density at radius 2 is 1.72 bits per heavy atom. The Kier molecular flexibility index (Phi) is 5.91. The molecule has 0 aromatic heterocycles. The molecule has 2 aliphatic rings. The SMILES string of the molecule is O=C(O)C(Cc1ccccc1)NC(=O)N1CCC(N2CCCC2)CC1. The molecule has 0 bridgehead atoms. The number of carbonyl (C=O) groups is 2. The molecule has 2 fully saturated rings. The lowest BCUT2D eigenvalue weighted by atomic mass is 10.0. The van der Waals surface area contributed by atoms with Gasteiger partial charge in [0.15, 0.2) is 0 Å². The quantitative estimate of drug-likeness (QED) is 0.856. The Bertz CT molecular complexity index is 579. The summed E-state index contributed by atoms with van der Waals surface area (Å²) in [5, 5.41) is 12.1. The second kappa shape index (κ2) is 8.34. The van der Waals surface area contributed by atoms with Gasteiger partial charge in [-0.3, -0.25) is 0 Å². The van der Waals surface area contributed by atoms with Crippen LogP contribution >= 0.6 is 0 Å². The van der Waals surface area contributed by atoms with E-state index in [9.17, 15) is 14.7 Å². The van der Waals surface area contributed by atoms with Gasteiger partial charge in [-0.25, -0.2) is 9.59 Å². The number of benzene rings is 1. The van der Waals surface area contributed by atoms with Gasteiger partial charge in [-0.15, -0.1) is 0 Å². The summed E-state index contributed by atoms with van der Waals surface area (Å²) in [6, 6.07) is 8.81. The zero-order valence-corrected chi connectivity index (χ0v) is 14.6. The van der Waals surface area contributed by atoms with Crippen LogP contribution in [-0.2, 0) is 11.2 Å². The Morgan fingerprint density at radius 1 is 1.08 bits per heavy atom.